The molecular formula is C15H22N2O. The first kappa shape index (κ1) is 12.0. The maximum Gasteiger partial charge on any atom is 0.124 e. The molecule has 0 atom stereocenters. The molecule has 0 aromatic heterocycles. The predicted molar refractivity (Wildman–Crippen MR) is 73.0 cm³/mol. The molecule has 18 heavy (non-hydrogen) atoms. The Balaban J connectivity index is 1.83. The third-order valence-electron chi connectivity index (χ3n) is 4.12. The van der Waals surface area contributed by atoms with E-state index in [9.17, 15) is 0 Å². The Labute approximate surface area is 109 Å². The number of benzene rings is 1. The SMILES string of the molecule is CC1(Oc2cccc3c2CNCC3)CCNCC1. The molecule has 1 aromatic rings. The van der Waals surface area contributed by atoms with Gasteiger partial charge in [0.25, 0.3) is 0 Å². The van der Waals surface area contributed by atoms with Gasteiger partial charge in [-0.3, -0.25) is 0 Å². The minimum atomic E-state index is -0.00216. The second kappa shape index (κ2) is 4.90. The molecule has 3 rings (SSSR count). The smallest absolute Gasteiger partial charge is 0.124 e. The van der Waals surface area contributed by atoms with E-state index < -0.39 is 0 Å². The zero-order valence-corrected chi connectivity index (χ0v) is 11.1. The van der Waals surface area contributed by atoms with E-state index in [2.05, 4.69) is 35.8 Å². The van der Waals surface area contributed by atoms with E-state index in [0.717, 1.165) is 51.2 Å². The minimum Gasteiger partial charge on any atom is -0.487 e. The lowest BCUT2D eigenvalue weighted by Gasteiger charge is -2.36. The molecule has 0 saturated carbocycles. The van der Waals surface area contributed by atoms with Gasteiger partial charge in [0.15, 0.2) is 0 Å². The van der Waals surface area contributed by atoms with Gasteiger partial charge >= 0.3 is 0 Å². The van der Waals surface area contributed by atoms with E-state index in [-0.39, 0.29) is 5.60 Å². The Kier molecular flexibility index (Phi) is 3.27. The van der Waals surface area contributed by atoms with Crippen molar-refractivity contribution in [2.45, 2.75) is 38.3 Å². The van der Waals surface area contributed by atoms with Crippen LogP contribution >= 0.6 is 0 Å². The van der Waals surface area contributed by atoms with Crippen molar-refractivity contribution in [2.24, 2.45) is 0 Å². The Hall–Kier alpha value is -1.06. The van der Waals surface area contributed by atoms with Crippen LogP contribution < -0.4 is 15.4 Å². The minimum absolute atomic E-state index is 0.00216. The number of ether oxygens (including phenoxy) is 1. The lowest BCUT2D eigenvalue weighted by molar-refractivity contribution is 0.0542. The summed E-state index contributed by atoms with van der Waals surface area (Å²) < 4.78 is 6.36. The van der Waals surface area contributed by atoms with Gasteiger partial charge in [-0.2, -0.15) is 0 Å². The molecule has 98 valence electrons. The summed E-state index contributed by atoms with van der Waals surface area (Å²) in [6.45, 7) is 6.38. The second-order valence-electron chi connectivity index (χ2n) is 5.62. The van der Waals surface area contributed by atoms with Crippen LogP contribution in [0.2, 0.25) is 0 Å². The molecule has 1 aromatic carbocycles. The van der Waals surface area contributed by atoms with Gasteiger partial charge in [-0.1, -0.05) is 12.1 Å². The van der Waals surface area contributed by atoms with Gasteiger partial charge in [-0.25, -0.2) is 0 Å². The first-order chi connectivity index (χ1) is 8.77. The summed E-state index contributed by atoms with van der Waals surface area (Å²) in [4.78, 5) is 0. The van der Waals surface area contributed by atoms with Crippen molar-refractivity contribution in [3.63, 3.8) is 0 Å². The molecule has 2 aliphatic rings. The monoisotopic (exact) mass is 246 g/mol. The van der Waals surface area contributed by atoms with E-state index in [0.29, 0.717) is 0 Å². The fraction of sp³-hybridized carbons (Fsp3) is 0.600. The molecule has 0 amide bonds. The van der Waals surface area contributed by atoms with Crippen LogP contribution in [0.25, 0.3) is 0 Å². The standard InChI is InChI=1S/C15H22N2O/c1-15(6-9-16-10-7-15)18-14-4-2-3-12-5-8-17-11-13(12)14/h2-4,16-17H,5-11H2,1H3. The van der Waals surface area contributed by atoms with Crippen LogP contribution in [-0.2, 0) is 13.0 Å². The molecule has 0 aliphatic carbocycles. The molecule has 0 spiro atoms. The van der Waals surface area contributed by atoms with Crippen molar-refractivity contribution in [1.29, 1.82) is 0 Å². The molecular weight excluding hydrogens is 224 g/mol. The Morgan fingerprint density at radius 3 is 2.78 bits per heavy atom. The van der Waals surface area contributed by atoms with Gasteiger partial charge in [-0.15, -0.1) is 0 Å². The second-order valence-corrected chi connectivity index (χ2v) is 5.62. The fourth-order valence-corrected chi connectivity index (χ4v) is 2.90. The average molecular weight is 246 g/mol. The number of nitrogens with one attached hydrogen (secondary N) is 2. The summed E-state index contributed by atoms with van der Waals surface area (Å²) in [5.41, 5.74) is 2.81. The zero-order chi connectivity index (χ0) is 12.4. The summed E-state index contributed by atoms with van der Waals surface area (Å²) in [5, 5.41) is 6.83. The lowest BCUT2D eigenvalue weighted by atomic mass is 9.93. The largest absolute Gasteiger partial charge is 0.487 e. The van der Waals surface area contributed by atoms with E-state index >= 15 is 0 Å². The first-order valence-corrected chi connectivity index (χ1v) is 6.98. The average Bonchev–Trinajstić information content (AvgIpc) is 2.40. The van der Waals surface area contributed by atoms with Gasteiger partial charge < -0.3 is 15.4 Å². The molecule has 2 N–H and O–H groups in total. The van der Waals surface area contributed by atoms with Crippen molar-refractivity contribution in [3.05, 3.63) is 29.3 Å². The summed E-state index contributed by atoms with van der Waals surface area (Å²) in [6.07, 6.45) is 3.29. The van der Waals surface area contributed by atoms with Gasteiger partial charge in [0, 0.05) is 12.1 Å². The molecule has 2 aliphatic heterocycles. The van der Waals surface area contributed by atoms with E-state index in [1.807, 2.05) is 0 Å². The van der Waals surface area contributed by atoms with Crippen molar-refractivity contribution in [1.82, 2.24) is 10.6 Å². The molecule has 0 radical (unpaired) electrons. The number of rotatable bonds is 2. The van der Waals surface area contributed by atoms with Crippen molar-refractivity contribution in [3.8, 4) is 5.75 Å². The van der Waals surface area contributed by atoms with Crippen LogP contribution in [0.5, 0.6) is 5.75 Å². The number of piperidine rings is 1. The predicted octanol–water partition coefficient (Wildman–Crippen LogP) is 1.85. The summed E-state index contributed by atoms with van der Waals surface area (Å²) in [6, 6.07) is 6.48. The molecule has 2 heterocycles. The van der Waals surface area contributed by atoms with E-state index in [1.165, 1.54) is 11.1 Å². The first-order valence-electron chi connectivity index (χ1n) is 6.98. The highest BCUT2D eigenvalue weighted by Gasteiger charge is 2.29. The maximum absolute atomic E-state index is 6.36. The summed E-state index contributed by atoms with van der Waals surface area (Å²) >= 11 is 0. The van der Waals surface area contributed by atoms with Crippen LogP contribution in [0.1, 0.15) is 30.9 Å². The zero-order valence-electron chi connectivity index (χ0n) is 11.1. The lowest BCUT2D eigenvalue weighted by Crippen LogP contribution is -2.44. The molecule has 0 bridgehead atoms. The highest BCUT2D eigenvalue weighted by molar-refractivity contribution is 5.42. The van der Waals surface area contributed by atoms with E-state index in [1.54, 1.807) is 0 Å². The summed E-state index contributed by atoms with van der Waals surface area (Å²) in [5.74, 6) is 1.09. The Morgan fingerprint density at radius 2 is 1.94 bits per heavy atom. The van der Waals surface area contributed by atoms with Crippen LogP contribution in [0, 0.1) is 0 Å². The van der Waals surface area contributed by atoms with Crippen molar-refractivity contribution >= 4 is 0 Å². The summed E-state index contributed by atoms with van der Waals surface area (Å²) in [7, 11) is 0. The third-order valence-corrected chi connectivity index (χ3v) is 4.12. The van der Waals surface area contributed by atoms with Gasteiger partial charge in [0.1, 0.15) is 11.4 Å². The van der Waals surface area contributed by atoms with Gasteiger partial charge in [0.05, 0.1) is 0 Å². The van der Waals surface area contributed by atoms with Crippen LogP contribution in [0.4, 0.5) is 0 Å². The maximum atomic E-state index is 6.36. The number of hydrogen-bond acceptors (Lipinski definition) is 3. The van der Waals surface area contributed by atoms with Gasteiger partial charge in [-0.05, 0) is 57.5 Å². The quantitative estimate of drug-likeness (QED) is 0.835. The molecule has 0 unspecified atom stereocenters. The van der Waals surface area contributed by atoms with Crippen molar-refractivity contribution < 1.29 is 4.74 Å². The fourth-order valence-electron chi connectivity index (χ4n) is 2.90. The molecule has 3 heteroatoms. The third kappa shape index (κ3) is 2.38. The molecule has 1 fully saturated rings. The number of fused-ring (bicyclic) bond motifs is 1. The van der Waals surface area contributed by atoms with Crippen LogP contribution in [-0.4, -0.2) is 25.2 Å². The van der Waals surface area contributed by atoms with Crippen molar-refractivity contribution in [2.75, 3.05) is 19.6 Å². The highest BCUT2D eigenvalue weighted by Crippen LogP contribution is 2.31. The highest BCUT2D eigenvalue weighted by atomic mass is 16.5. The van der Waals surface area contributed by atoms with Crippen LogP contribution in [0.15, 0.2) is 18.2 Å². The molecule has 3 nitrogen and oxygen atoms in total. The van der Waals surface area contributed by atoms with E-state index in [4.69, 9.17) is 4.74 Å². The van der Waals surface area contributed by atoms with Crippen LogP contribution in [0.3, 0.4) is 0 Å². The Morgan fingerprint density at radius 1 is 1.11 bits per heavy atom. The van der Waals surface area contributed by atoms with Gasteiger partial charge in [0.2, 0.25) is 0 Å². The Bertz CT molecular complexity index is 425. The molecule has 1 saturated heterocycles. The number of hydrogen-bond donors (Lipinski definition) is 2. The normalized spacial score (nSPS) is 22.3. The topological polar surface area (TPSA) is 33.3 Å².